The minimum absolute atomic E-state index is 0.0527. The number of aryl methyl sites for hydroxylation is 1. The predicted molar refractivity (Wildman–Crippen MR) is 181 cm³/mol. The lowest BCUT2D eigenvalue weighted by Crippen LogP contribution is -2.40. The molecule has 6 rings (SSSR count). The Kier molecular flexibility index (Phi) is 7.87. The van der Waals surface area contributed by atoms with Gasteiger partial charge in [0.15, 0.2) is 0 Å². The maximum atomic E-state index is 4.53. The fourth-order valence-corrected chi connectivity index (χ4v) is 6.38. The van der Waals surface area contributed by atoms with Crippen LogP contribution in [0, 0.1) is 12.8 Å². The molecule has 6 nitrogen and oxygen atoms in total. The molecule has 0 aliphatic carbocycles. The van der Waals surface area contributed by atoms with Gasteiger partial charge < -0.3 is 25.5 Å². The summed E-state index contributed by atoms with van der Waals surface area (Å²) in [7, 11) is 0. The maximum Gasteiger partial charge on any atom is 0.0902 e. The Bertz CT molecular complexity index is 1710. The van der Waals surface area contributed by atoms with Gasteiger partial charge in [-0.2, -0.15) is 0 Å². The Morgan fingerprint density at radius 3 is 2.53 bits per heavy atom. The molecule has 0 spiro atoms. The first kappa shape index (κ1) is 28.4. The molecule has 4 aromatic rings. The van der Waals surface area contributed by atoms with Crippen LogP contribution in [0.25, 0.3) is 16.5 Å². The molecule has 2 atom stereocenters. The molecule has 0 bridgehead atoms. The van der Waals surface area contributed by atoms with Crippen LogP contribution in [0.1, 0.15) is 37.1 Å². The molecule has 3 heterocycles. The topological polar surface area (TPSA) is 58.4 Å². The molecule has 3 aromatic carbocycles. The average molecular weight is 571 g/mol. The summed E-state index contributed by atoms with van der Waals surface area (Å²) in [6, 6.07) is 25.7. The zero-order valence-electron chi connectivity index (χ0n) is 25.5. The van der Waals surface area contributed by atoms with Gasteiger partial charge in [0.25, 0.3) is 0 Å². The highest BCUT2D eigenvalue weighted by atomic mass is 15.6. The number of nitrogens with zero attached hydrogens (tertiary/aromatic N) is 2. The fourth-order valence-electron chi connectivity index (χ4n) is 6.38. The molecule has 0 radical (unpaired) electrons. The predicted octanol–water partition coefficient (Wildman–Crippen LogP) is 8.00. The number of fused-ring (bicyclic) bond motifs is 1. The van der Waals surface area contributed by atoms with E-state index in [9.17, 15) is 0 Å². The highest BCUT2D eigenvalue weighted by Gasteiger charge is 2.40. The normalized spacial score (nSPS) is 18.1. The minimum Gasteiger partial charge on any atom is -0.366 e. The van der Waals surface area contributed by atoms with E-state index in [2.05, 4.69) is 138 Å². The monoisotopic (exact) mass is 570 g/mol. The van der Waals surface area contributed by atoms with Crippen molar-refractivity contribution in [3.8, 4) is 0 Å². The van der Waals surface area contributed by atoms with Crippen LogP contribution in [0.3, 0.4) is 0 Å². The van der Waals surface area contributed by atoms with E-state index in [0.29, 0.717) is 5.92 Å². The van der Waals surface area contributed by atoms with Crippen molar-refractivity contribution in [2.75, 3.05) is 23.7 Å². The molecule has 4 N–H and O–H groups in total. The van der Waals surface area contributed by atoms with Gasteiger partial charge in [0, 0.05) is 53.7 Å². The van der Waals surface area contributed by atoms with E-state index in [0.717, 1.165) is 60.2 Å². The fraction of sp³-hybridized carbons (Fsp3) is 0.243. The second kappa shape index (κ2) is 11.9. The molecule has 2 aliphatic rings. The van der Waals surface area contributed by atoms with Crippen molar-refractivity contribution in [3.05, 3.63) is 138 Å². The van der Waals surface area contributed by atoms with E-state index < -0.39 is 0 Å². The second-order valence-electron chi connectivity index (χ2n) is 11.8. The number of anilines is 2. The molecular formula is C37H42N6. The van der Waals surface area contributed by atoms with Crippen LogP contribution >= 0.6 is 0 Å². The maximum absolute atomic E-state index is 4.53. The number of H-pyrrole nitrogens is 1. The third-order valence-electron chi connectivity index (χ3n) is 8.58. The van der Waals surface area contributed by atoms with Crippen molar-refractivity contribution in [1.82, 2.24) is 20.3 Å². The lowest BCUT2D eigenvalue weighted by molar-refractivity contribution is 0.221. The van der Waals surface area contributed by atoms with E-state index in [1.54, 1.807) is 0 Å². The van der Waals surface area contributed by atoms with Gasteiger partial charge in [0.05, 0.1) is 24.0 Å². The number of hydrogen-bond donors (Lipinski definition) is 4. The third-order valence-corrected chi connectivity index (χ3v) is 8.58. The first-order chi connectivity index (χ1) is 20.8. The van der Waals surface area contributed by atoms with Gasteiger partial charge in [-0.25, -0.2) is 5.43 Å². The van der Waals surface area contributed by atoms with Crippen LogP contribution in [-0.4, -0.2) is 34.0 Å². The summed E-state index contributed by atoms with van der Waals surface area (Å²) in [5.74, 6) is 0.297. The zero-order chi connectivity index (χ0) is 30.1. The quantitative estimate of drug-likeness (QED) is 0.156. The van der Waals surface area contributed by atoms with Crippen molar-refractivity contribution in [2.24, 2.45) is 5.92 Å². The van der Waals surface area contributed by atoms with E-state index in [1.165, 1.54) is 33.2 Å². The third kappa shape index (κ3) is 5.84. The molecule has 1 aromatic heterocycles. The van der Waals surface area contributed by atoms with E-state index in [-0.39, 0.29) is 6.04 Å². The highest BCUT2D eigenvalue weighted by molar-refractivity contribution is 5.88. The van der Waals surface area contributed by atoms with Crippen molar-refractivity contribution in [2.45, 2.75) is 39.8 Å². The van der Waals surface area contributed by atoms with Gasteiger partial charge >= 0.3 is 0 Å². The average Bonchev–Trinajstić information content (AvgIpc) is 3.66. The van der Waals surface area contributed by atoms with E-state index in [1.807, 2.05) is 12.3 Å². The Balaban J connectivity index is 1.32. The summed E-state index contributed by atoms with van der Waals surface area (Å²) in [5.41, 5.74) is 15.2. The van der Waals surface area contributed by atoms with Crippen LogP contribution in [0.4, 0.5) is 11.4 Å². The molecule has 0 saturated carbocycles. The van der Waals surface area contributed by atoms with Crippen molar-refractivity contribution in [1.29, 1.82) is 0 Å². The van der Waals surface area contributed by atoms with Crippen LogP contribution in [0.15, 0.2) is 121 Å². The van der Waals surface area contributed by atoms with Gasteiger partial charge in [0.2, 0.25) is 0 Å². The van der Waals surface area contributed by atoms with Gasteiger partial charge in [-0.15, -0.1) is 0 Å². The molecule has 0 fully saturated rings. The second-order valence-corrected chi connectivity index (χ2v) is 11.8. The number of hydrazine groups is 1. The minimum atomic E-state index is -0.0527. The van der Waals surface area contributed by atoms with Crippen LogP contribution in [0.5, 0.6) is 0 Å². The first-order valence-corrected chi connectivity index (χ1v) is 15.1. The summed E-state index contributed by atoms with van der Waals surface area (Å²) in [6.07, 6.45) is 2.85. The molecule has 0 saturated heterocycles. The molecule has 0 amide bonds. The van der Waals surface area contributed by atoms with Gasteiger partial charge in [0.1, 0.15) is 0 Å². The summed E-state index contributed by atoms with van der Waals surface area (Å²) in [5, 5.41) is 11.9. The molecule has 2 aliphatic heterocycles. The molecule has 43 heavy (non-hydrogen) atoms. The SMILES string of the molecule is C=C(CC)Nc1ccc2c(CN3NC(C(=C)Nc4cccc(C)c4)C4=C3C(C)CN(C(=C)c3ccc[nH]3)C4)cccc2c1. The molecule has 220 valence electrons. The molecule has 6 heteroatoms. The number of aromatic amines is 1. The molecule has 2 unspecified atom stereocenters. The van der Waals surface area contributed by atoms with E-state index >= 15 is 0 Å². The number of aromatic nitrogens is 1. The summed E-state index contributed by atoms with van der Waals surface area (Å²) in [4.78, 5) is 5.73. The number of nitrogens with one attached hydrogen (secondary N) is 4. The number of allylic oxidation sites excluding steroid dienone is 1. The number of benzene rings is 3. The van der Waals surface area contributed by atoms with Crippen LogP contribution in [-0.2, 0) is 6.54 Å². The lowest BCUT2D eigenvalue weighted by Gasteiger charge is -2.37. The Hall–Kier alpha value is -4.68. The smallest absolute Gasteiger partial charge is 0.0902 e. The van der Waals surface area contributed by atoms with Crippen molar-refractivity contribution in [3.63, 3.8) is 0 Å². The zero-order valence-corrected chi connectivity index (χ0v) is 25.5. The Labute approximate surface area is 255 Å². The van der Waals surface area contributed by atoms with Crippen molar-refractivity contribution < 1.29 is 0 Å². The number of hydrogen-bond acceptors (Lipinski definition) is 5. The summed E-state index contributed by atoms with van der Waals surface area (Å²) >= 11 is 0. The summed E-state index contributed by atoms with van der Waals surface area (Å²) < 4.78 is 0. The van der Waals surface area contributed by atoms with E-state index in [4.69, 9.17) is 0 Å². The largest absolute Gasteiger partial charge is 0.366 e. The van der Waals surface area contributed by atoms with Gasteiger partial charge in [-0.3, -0.25) is 0 Å². The number of rotatable bonds is 10. The van der Waals surface area contributed by atoms with Crippen LogP contribution < -0.4 is 16.1 Å². The van der Waals surface area contributed by atoms with Crippen molar-refractivity contribution >= 4 is 27.8 Å². The van der Waals surface area contributed by atoms with Crippen LogP contribution in [0.2, 0.25) is 0 Å². The lowest BCUT2D eigenvalue weighted by atomic mass is 9.92. The summed E-state index contributed by atoms with van der Waals surface area (Å²) in [6.45, 7) is 22.1. The highest BCUT2D eigenvalue weighted by Crippen LogP contribution is 2.38. The van der Waals surface area contributed by atoms with Gasteiger partial charge in [-0.1, -0.05) is 70.0 Å². The van der Waals surface area contributed by atoms with Gasteiger partial charge in [-0.05, 0) is 77.2 Å². The molecular weight excluding hydrogens is 528 g/mol. The Morgan fingerprint density at radius 2 is 1.77 bits per heavy atom. The first-order valence-electron chi connectivity index (χ1n) is 15.1. The Morgan fingerprint density at radius 1 is 0.953 bits per heavy atom. The standard InChI is InChI=1S/C37H42N6/c1-7-26(4)39-32-16-17-33-29(20-32)12-9-13-30(33)22-43-37-25(3)21-42(28(6)35-15-10-18-38-35)23-34(37)36(41-43)27(5)40-31-14-8-11-24(2)19-31/h8-20,25,36,38-41H,4-7,21-23H2,1-3H3.